The molecule has 0 radical (unpaired) electrons. The van der Waals surface area contributed by atoms with Gasteiger partial charge in [0.05, 0.1) is 4.92 Å². The molecule has 22 heavy (non-hydrogen) atoms. The summed E-state index contributed by atoms with van der Waals surface area (Å²) in [6.07, 6.45) is 1.47. The standard InChI is InChI=1S/C12H16ClN3O4S.ClH/c1-14-8-10-3-2-6-15(10)21(19,20)12-7-9(13)4-5-11(12)16(17)18;/h4-5,7,10,14H,2-3,6,8H2,1H3;1H. The second kappa shape index (κ2) is 7.56. The van der Waals surface area contributed by atoms with Gasteiger partial charge in [-0.25, -0.2) is 8.42 Å². The molecule has 1 atom stereocenters. The molecule has 1 aliphatic heterocycles. The van der Waals surface area contributed by atoms with Crippen molar-refractivity contribution < 1.29 is 13.3 Å². The van der Waals surface area contributed by atoms with Gasteiger partial charge in [-0.2, -0.15) is 4.31 Å². The van der Waals surface area contributed by atoms with Crippen LogP contribution >= 0.6 is 24.0 Å². The maximum Gasteiger partial charge on any atom is 0.289 e. The van der Waals surface area contributed by atoms with Crippen molar-refractivity contribution in [2.75, 3.05) is 20.1 Å². The fraction of sp³-hybridized carbons (Fsp3) is 0.500. The number of nitrogens with zero attached hydrogens (tertiary/aromatic N) is 2. The smallest absolute Gasteiger partial charge is 0.289 e. The number of nitro groups is 1. The van der Waals surface area contributed by atoms with Crippen LogP contribution in [-0.4, -0.2) is 43.8 Å². The van der Waals surface area contributed by atoms with Gasteiger partial charge in [0.25, 0.3) is 5.69 Å². The molecule has 2 rings (SSSR count). The summed E-state index contributed by atoms with van der Waals surface area (Å²) in [5.41, 5.74) is -0.450. The van der Waals surface area contributed by atoms with Crippen molar-refractivity contribution in [1.82, 2.24) is 9.62 Å². The van der Waals surface area contributed by atoms with Gasteiger partial charge in [0.1, 0.15) is 0 Å². The molecule has 0 aliphatic carbocycles. The number of nitro benzene ring substituents is 1. The second-order valence-corrected chi connectivity index (χ2v) is 7.13. The van der Waals surface area contributed by atoms with Crippen molar-refractivity contribution in [1.29, 1.82) is 0 Å². The highest BCUT2D eigenvalue weighted by molar-refractivity contribution is 7.89. The third-order valence-electron chi connectivity index (χ3n) is 3.47. The van der Waals surface area contributed by atoms with Crippen LogP contribution in [0.15, 0.2) is 23.1 Å². The summed E-state index contributed by atoms with van der Waals surface area (Å²) in [6.45, 7) is 0.867. The minimum absolute atomic E-state index is 0. The quantitative estimate of drug-likeness (QED) is 0.633. The predicted octanol–water partition coefficient (Wildman–Crippen LogP) is 2.04. The number of likely N-dealkylation sites (N-methyl/N-ethyl adjacent to an activating group) is 1. The second-order valence-electron chi connectivity index (χ2n) is 4.84. The van der Waals surface area contributed by atoms with Crippen LogP contribution in [0.1, 0.15) is 12.8 Å². The lowest BCUT2D eigenvalue weighted by Gasteiger charge is -2.23. The molecule has 0 bridgehead atoms. The molecule has 1 saturated heterocycles. The average molecular weight is 370 g/mol. The Morgan fingerprint density at radius 1 is 1.50 bits per heavy atom. The Labute approximate surface area is 140 Å². The molecule has 1 N–H and O–H groups in total. The first-order valence-electron chi connectivity index (χ1n) is 6.48. The van der Waals surface area contributed by atoms with Crippen molar-refractivity contribution >= 4 is 39.7 Å². The normalized spacial score (nSPS) is 18.9. The number of hydrogen-bond acceptors (Lipinski definition) is 5. The molecule has 1 unspecified atom stereocenters. The molecule has 1 aromatic rings. The molecular formula is C12H17Cl2N3O4S. The van der Waals surface area contributed by atoms with E-state index in [0.717, 1.165) is 25.0 Å². The molecule has 10 heteroatoms. The van der Waals surface area contributed by atoms with E-state index < -0.39 is 20.6 Å². The number of rotatable bonds is 5. The van der Waals surface area contributed by atoms with Crippen molar-refractivity contribution in [3.05, 3.63) is 33.3 Å². The average Bonchev–Trinajstić information content (AvgIpc) is 2.87. The summed E-state index contributed by atoms with van der Waals surface area (Å²) in [4.78, 5) is 10.0. The fourth-order valence-corrected chi connectivity index (χ4v) is 4.65. The zero-order valence-corrected chi connectivity index (χ0v) is 14.2. The van der Waals surface area contributed by atoms with Crippen LogP contribution < -0.4 is 5.32 Å². The lowest BCUT2D eigenvalue weighted by molar-refractivity contribution is -0.387. The van der Waals surface area contributed by atoms with E-state index in [4.69, 9.17) is 11.6 Å². The van der Waals surface area contributed by atoms with E-state index in [2.05, 4.69) is 5.32 Å². The maximum absolute atomic E-state index is 12.7. The van der Waals surface area contributed by atoms with Gasteiger partial charge in [-0.1, -0.05) is 11.6 Å². The molecule has 7 nitrogen and oxygen atoms in total. The highest BCUT2D eigenvalue weighted by atomic mass is 35.5. The van der Waals surface area contributed by atoms with Gasteiger partial charge in [-0.05, 0) is 32.0 Å². The Bertz CT molecular complexity index is 654. The molecule has 0 saturated carbocycles. The molecular weight excluding hydrogens is 353 g/mol. The largest absolute Gasteiger partial charge is 0.318 e. The van der Waals surface area contributed by atoms with E-state index in [-0.39, 0.29) is 28.4 Å². The molecule has 1 heterocycles. The van der Waals surface area contributed by atoms with Gasteiger partial charge in [0.15, 0.2) is 4.90 Å². The van der Waals surface area contributed by atoms with Gasteiger partial charge in [0.2, 0.25) is 10.0 Å². The van der Waals surface area contributed by atoms with E-state index in [0.29, 0.717) is 13.1 Å². The van der Waals surface area contributed by atoms with Crippen molar-refractivity contribution in [3.8, 4) is 0 Å². The number of benzene rings is 1. The molecule has 0 aromatic heterocycles. The third-order valence-corrected chi connectivity index (χ3v) is 5.68. The summed E-state index contributed by atoms with van der Waals surface area (Å²) in [6, 6.07) is 3.38. The maximum atomic E-state index is 12.7. The Kier molecular flexibility index (Phi) is 6.57. The van der Waals surface area contributed by atoms with E-state index >= 15 is 0 Å². The summed E-state index contributed by atoms with van der Waals surface area (Å²) < 4.78 is 26.8. The van der Waals surface area contributed by atoms with Crippen LogP contribution in [0.25, 0.3) is 0 Å². The van der Waals surface area contributed by atoms with Crippen molar-refractivity contribution in [3.63, 3.8) is 0 Å². The monoisotopic (exact) mass is 369 g/mol. The minimum Gasteiger partial charge on any atom is -0.318 e. The number of nitrogens with one attached hydrogen (secondary N) is 1. The Morgan fingerprint density at radius 3 is 2.77 bits per heavy atom. The Hall–Kier alpha value is -0.930. The molecule has 1 aliphatic rings. The third kappa shape index (κ3) is 3.69. The SMILES string of the molecule is CNCC1CCCN1S(=O)(=O)c1cc(Cl)ccc1[N+](=O)[O-].Cl. The van der Waals surface area contributed by atoms with Gasteiger partial charge < -0.3 is 5.32 Å². The van der Waals surface area contributed by atoms with Crippen LogP contribution in [0.5, 0.6) is 0 Å². The fourth-order valence-electron chi connectivity index (χ4n) is 2.54. The minimum atomic E-state index is -3.94. The summed E-state index contributed by atoms with van der Waals surface area (Å²) in [5, 5.41) is 14.2. The number of halogens is 2. The van der Waals surface area contributed by atoms with Crippen LogP contribution in [0.3, 0.4) is 0 Å². The molecule has 0 spiro atoms. The van der Waals surface area contributed by atoms with Crippen LogP contribution in [0, 0.1) is 10.1 Å². The van der Waals surface area contributed by atoms with Crippen LogP contribution in [0.2, 0.25) is 5.02 Å². The van der Waals surface area contributed by atoms with E-state index in [1.54, 1.807) is 7.05 Å². The number of sulfonamides is 1. The van der Waals surface area contributed by atoms with Gasteiger partial charge in [0, 0.05) is 30.2 Å². The van der Waals surface area contributed by atoms with E-state index in [1.165, 1.54) is 10.4 Å². The van der Waals surface area contributed by atoms with Crippen LogP contribution in [-0.2, 0) is 10.0 Å². The van der Waals surface area contributed by atoms with Crippen molar-refractivity contribution in [2.24, 2.45) is 0 Å². The van der Waals surface area contributed by atoms with E-state index in [1.807, 2.05) is 0 Å². The first kappa shape index (κ1) is 19.1. The summed E-state index contributed by atoms with van der Waals surface area (Å²) >= 11 is 5.81. The first-order chi connectivity index (χ1) is 9.87. The van der Waals surface area contributed by atoms with Crippen LogP contribution in [0.4, 0.5) is 5.69 Å². The molecule has 124 valence electrons. The Balaban J connectivity index is 0.00000242. The molecule has 0 amide bonds. The zero-order chi connectivity index (χ0) is 15.6. The Morgan fingerprint density at radius 2 is 2.18 bits per heavy atom. The summed E-state index contributed by atoms with van der Waals surface area (Å²) in [7, 11) is -2.20. The van der Waals surface area contributed by atoms with E-state index in [9.17, 15) is 18.5 Å². The van der Waals surface area contributed by atoms with Gasteiger partial charge >= 0.3 is 0 Å². The first-order valence-corrected chi connectivity index (χ1v) is 8.30. The van der Waals surface area contributed by atoms with Gasteiger partial charge in [-0.3, -0.25) is 10.1 Å². The number of hydrogen-bond donors (Lipinski definition) is 1. The topological polar surface area (TPSA) is 92.6 Å². The summed E-state index contributed by atoms with van der Waals surface area (Å²) in [5.74, 6) is 0. The zero-order valence-electron chi connectivity index (χ0n) is 11.9. The van der Waals surface area contributed by atoms with Crippen molar-refractivity contribution in [2.45, 2.75) is 23.8 Å². The highest BCUT2D eigenvalue weighted by Crippen LogP contribution is 2.33. The predicted molar refractivity (Wildman–Crippen MR) is 86.2 cm³/mol. The molecule has 1 aromatic carbocycles. The lowest BCUT2D eigenvalue weighted by Crippen LogP contribution is -2.40. The lowest BCUT2D eigenvalue weighted by atomic mass is 10.2. The molecule has 1 fully saturated rings. The highest BCUT2D eigenvalue weighted by Gasteiger charge is 2.38. The van der Waals surface area contributed by atoms with Gasteiger partial charge in [-0.15, -0.1) is 12.4 Å².